The SMILES string of the molecule is COCCNc1c(I)cncc1[N+](=O)[O-]. The molecule has 7 heteroatoms. The maximum atomic E-state index is 10.7. The van der Waals surface area contributed by atoms with Gasteiger partial charge in [-0.2, -0.15) is 0 Å². The maximum Gasteiger partial charge on any atom is 0.311 e. The average Bonchev–Trinajstić information content (AvgIpc) is 2.20. The van der Waals surface area contributed by atoms with Crippen LogP contribution in [0.5, 0.6) is 0 Å². The van der Waals surface area contributed by atoms with Crippen LogP contribution in [-0.2, 0) is 4.74 Å². The Labute approximate surface area is 100 Å². The van der Waals surface area contributed by atoms with Crippen molar-refractivity contribution in [3.63, 3.8) is 0 Å². The fourth-order valence-electron chi connectivity index (χ4n) is 1.02. The molecule has 0 aliphatic rings. The predicted molar refractivity (Wildman–Crippen MR) is 64.0 cm³/mol. The molecule has 0 radical (unpaired) electrons. The fourth-order valence-corrected chi connectivity index (χ4v) is 1.64. The summed E-state index contributed by atoms with van der Waals surface area (Å²) in [5.41, 5.74) is 0.477. The molecule has 0 aromatic carbocycles. The van der Waals surface area contributed by atoms with E-state index in [0.29, 0.717) is 18.8 Å². The first-order valence-electron chi connectivity index (χ1n) is 4.17. The largest absolute Gasteiger partial charge is 0.383 e. The summed E-state index contributed by atoms with van der Waals surface area (Å²) in [6.45, 7) is 1.02. The lowest BCUT2D eigenvalue weighted by Gasteiger charge is -2.07. The van der Waals surface area contributed by atoms with Gasteiger partial charge in [0.15, 0.2) is 0 Å². The van der Waals surface area contributed by atoms with Crippen molar-refractivity contribution in [2.45, 2.75) is 0 Å². The summed E-state index contributed by atoms with van der Waals surface area (Å²) in [5, 5.41) is 13.6. The Bertz CT molecular complexity index is 359. The molecule has 0 saturated carbocycles. The van der Waals surface area contributed by atoms with Crippen molar-refractivity contribution in [1.82, 2.24) is 4.98 Å². The first-order chi connectivity index (χ1) is 7.16. The first kappa shape index (κ1) is 12.1. The van der Waals surface area contributed by atoms with Crippen LogP contribution in [0, 0.1) is 13.7 Å². The smallest absolute Gasteiger partial charge is 0.311 e. The van der Waals surface area contributed by atoms with E-state index in [4.69, 9.17) is 4.74 Å². The zero-order valence-electron chi connectivity index (χ0n) is 8.07. The van der Waals surface area contributed by atoms with E-state index in [0.717, 1.165) is 3.57 Å². The van der Waals surface area contributed by atoms with Gasteiger partial charge >= 0.3 is 5.69 Å². The van der Waals surface area contributed by atoms with Gasteiger partial charge < -0.3 is 10.1 Å². The van der Waals surface area contributed by atoms with Gasteiger partial charge in [0, 0.05) is 19.9 Å². The summed E-state index contributed by atoms with van der Waals surface area (Å²) in [6, 6.07) is 0. The number of nitrogens with zero attached hydrogens (tertiary/aromatic N) is 2. The Morgan fingerprint density at radius 2 is 2.40 bits per heavy atom. The highest BCUT2D eigenvalue weighted by molar-refractivity contribution is 14.1. The molecule has 0 spiro atoms. The van der Waals surface area contributed by atoms with Crippen LogP contribution in [0.15, 0.2) is 12.4 Å². The third-order valence-corrected chi connectivity index (χ3v) is 2.50. The second-order valence-electron chi connectivity index (χ2n) is 2.69. The number of pyridine rings is 1. The quantitative estimate of drug-likeness (QED) is 0.386. The number of hydrogen-bond donors (Lipinski definition) is 1. The molecule has 0 aliphatic carbocycles. The summed E-state index contributed by atoms with van der Waals surface area (Å²) >= 11 is 2.00. The monoisotopic (exact) mass is 323 g/mol. The van der Waals surface area contributed by atoms with Gasteiger partial charge in [0.25, 0.3) is 0 Å². The van der Waals surface area contributed by atoms with Crippen LogP contribution < -0.4 is 5.32 Å². The van der Waals surface area contributed by atoms with Crippen molar-refractivity contribution in [2.24, 2.45) is 0 Å². The number of nitrogens with one attached hydrogen (secondary N) is 1. The minimum absolute atomic E-state index is 0.0157. The molecule has 0 bridgehead atoms. The first-order valence-corrected chi connectivity index (χ1v) is 5.25. The van der Waals surface area contributed by atoms with Crippen LogP contribution in [0.4, 0.5) is 11.4 Å². The standard InChI is InChI=1S/C8H10IN3O3/c1-15-3-2-11-8-6(9)4-10-5-7(8)12(13)14/h4-5H,2-3H2,1H3,(H,10,11). The van der Waals surface area contributed by atoms with E-state index in [9.17, 15) is 10.1 Å². The molecular formula is C8H10IN3O3. The molecule has 6 nitrogen and oxygen atoms in total. The Kier molecular flexibility index (Phi) is 4.69. The van der Waals surface area contributed by atoms with E-state index in [1.54, 1.807) is 13.3 Å². The van der Waals surface area contributed by atoms with E-state index in [1.807, 2.05) is 22.6 Å². The number of ether oxygens (including phenoxy) is 1. The number of aromatic nitrogens is 1. The molecule has 1 aromatic heterocycles. The van der Waals surface area contributed by atoms with Gasteiger partial charge in [0.1, 0.15) is 11.9 Å². The topological polar surface area (TPSA) is 77.3 Å². The number of nitro groups is 1. The molecule has 0 unspecified atom stereocenters. The van der Waals surface area contributed by atoms with E-state index in [2.05, 4.69) is 10.3 Å². The van der Waals surface area contributed by atoms with Crippen molar-refractivity contribution in [3.8, 4) is 0 Å². The van der Waals surface area contributed by atoms with Gasteiger partial charge in [0.05, 0.1) is 15.1 Å². The summed E-state index contributed by atoms with van der Waals surface area (Å²) in [7, 11) is 1.58. The molecule has 0 atom stereocenters. The summed E-state index contributed by atoms with van der Waals surface area (Å²) in [6.07, 6.45) is 2.81. The highest BCUT2D eigenvalue weighted by Gasteiger charge is 2.16. The Hall–Kier alpha value is -0.960. The van der Waals surface area contributed by atoms with E-state index >= 15 is 0 Å². The zero-order valence-corrected chi connectivity index (χ0v) is 10.2. The van der Waals surface area contributed by atoms with Crippen molar-refractivity contribution >= 4 is 34.0 Å². The van der Waals surface area contributed by atoms with Crippen LogP contribution in [-0.4, -0.2) is 30.2 Å². The second kappa shape index (κ2) is 5.81. The predicted octanol–water partition coefficient (Wildman–Crippen LogP) is 1.65. The fraction of sp³-hybridized carbons (Fsp3) is 0.375. The normalized spacial score (nSPS) is 10.0. The third kappa shape index (κ3) is 3.27. The molecule has 1 heterocycles. The highest BCUT2D eigenvalue weighted by atomic mass is 127. The molecule has 1 N–H and O–H groups in total. The number of rotatable bonds is 5. The van der Waals surface area contributed by atoms with Crippen LogP contribution in [0.2, 0.25) is 0 Å². The van der Waals surface area contributed by atoms with Gasteiger partial charge in [-0.15, -0.1) is 0 Å². The summed E-state index contributed by atoms with van der Waals surface area (Å²) in [4.78, 5) is 14.0. The lowest BCUT2D eigenvalue weighted by molar-refractivity contribution is -0.384. The highest BCUT2D eigenvalue weighted by Crippen LogP contribution is 2.27. The number of hydrogen-bond acceptors (Lipinski definition) is 5. The lowest BCUT2D eigenvalue weighted by Crippen LogP contribution is -2.10. The zero-order chi connectivity index (χ0) is 11.3. The molecule has 0 aliphatic heterocycles. The Morgan fingerprint density at radius 1 is 1.67 bits per heavy atom. The molecule has 1 aromatic rings. The van der Waals surface area contributed by atoms with Gasteiger partial charge in [-0.1, -0.05) is 0 Å². The van der Waals surface area contributed by atoms with Crippen LogP contribution in [0.3, 0.4) is 0 Å². The van der Waals surface area contributed by atoms with Gasteiger partial charge in [-0.25, -0.2) is 0 Å². The number of anilines is 1. The third-order valence-electron chi connectivity index (χ3n) is 1.68. The van der Waals surface area contributed by atoms with Crippen LogP contribution in [0.1, 0.15) is 0 Å². The molecule has 15 heavy (non-hydrogen) atoms. The van der Waals surface area contributed by atoms with Crippen molar-refractivity contribution in [2.75, 3.05) is 25.6 Å². The van der Waals surface area contributed by atoms with Crippen molar-refractivity contribution < 1.29 is 9.66 Å². The van der Waals surface area contributed by atoms with Gasteiger partial charge in [0.2, 0.25) is 0 Å². The Balaban J connectivity index is 2.87. The molecular weight excluding hydrogens is 313 g/mol. The van der Waals surface area contributed by atoms with Crippen LogP contribution in [0.25, 0.3) is 0 Å². The lowest BCUT2D eigenvalue weighted by atomic mass is 10.3. The summed E-state index contributed by atoms with van der Waals surface area (Å²) < 4.78 is 5.57. The molecule has 0 fully saturated rings. The van der Waals surface area contributed by atoms with Crippen LogP contribution >= 0.6 is 22.6 Å². The van der Waals surface area contributed by atoms with Gasteiger partial charge in [-0.05, 0) is 22.6 Å². The second-order valence-corrected chi connectivity index (χ2v) is 3.85. The van der Waals surface area contributed by atoms with E-state index in [-0.39, 0.29) is 5.69 Å². The van der Waals surface area contributed by atoms with E-state index < -0.39 is 4.92 Å². The Morgan fingerprint density at radius 3 is 3.00 bits per heavy atom. The minimum Gasteiger partial charge on any atom is -0.383 e. The van der Waals surface area contributed by atoms with Crippen molar-refractivity contribution in [3.05, 3.63) is 26.1 Å². The average molecular weight is 323 g/mol. The minimum atomic E-state index is -0.454. The molecule has 82 valence electrons. The van der Waals surface area contributed by atoms with E-state index in [1.165, 1.54) is 6.20 Å². The molecule has 1 rings (SSSR count). The maximum absolute atomic E-state index is 10.7. The number of halogens is 1. The molecule has 0 amide bonds. The number of methoxy groups -OCH3 is 1. The molecule has 0 saturated heterocycles. The van der Waals surface area contributed by atoms with Gasteiger partial charge in [-0.3, -0.25) is 15.1 Å². The van der Waals surface area contributed by atoms with Crippen molar-refractivity contribution in [1.29, 1.82) is 0 Å². The summed E-state index contributed by atoms with van der Waals surface area (Å²) in [5.74, 6) is 0.